The van der Waals surface area contributed by atoms with E-state index in [0.29, 0.717) is 21.4 Å². The summed E-state index contributed by atoms with van der Waals surface area (Å²) < 4.78 is 10.7. The number of carbonyl (C=O) groups is 3. The molecule has 17 heteroatoms. The first-order chi connectivity index (χ1) is 20.5. The van der Waals surface area contributed by atoms with E-state index in [1.165, 1.54) is 18.5 Å². The molecule has 8 N–H and O–H groups in total. The van der Waals surface area contributed by atoms with Crippen LogP contribution in [0, 0.1) is 0 Å². The van der Waals surface area contributed by atoms with Gasteiger partial charge in [0.15, 0.2) is 18.2 Å². The van der Waals surface area contributed by atoms with Crippen molar-refractivity contribution in [2.24, 2.45) is 0 Å². The van der Waals surface area contributed by atoms with Gasteiger partial charge in [-0.25, -0.2) is 9.78 Å². The van der Waals surface area contributed by atoms with Gasteiger partial charge in [-0.05, 0) is 30.7 Å². The van der Waals surface area contributed by atoms with Crippen molar-refractivity contribution in [2.45, 2.75) is 49.7 Å². The van der Waals surface area contributed by atoms with Crippen LogP contribution in [0.1, 0.15) is 22.7 Å². The molecule has 1 aromatic carbocycles. The van der Waals surface area contributed by atoms with Crippen LogP contribution in [0.5, 0.6) is 0 Å². The number of hydrogen-bond acceptors (Lipinski definition) is 12. The van der Waals surface area contributed by atoms with Gasteiger partial charge in [-0.15, -0.1) is 0 Å². The highest BCUT2D eigenvalue weighted by molar-refractivity contribution is 6.35. The van der Waals surface area contributed by atoms with E-state index in [-0.39, 0.29) is 36.7 Å². The van der Waals surface area contributed by atoms with Crippen LogP contribution in [0.3, 0.4) is 0 Å². The minimum Gasteiger partial charge on any atom is -0.478 e. The molecule has 2 aromatic heterocycles. The van der Waals surface area contributed by atoms with Crippen LogP contribution >= 0.6 is 23.2 Å². The molecule has 0 saturated carbocycles. The van der Waals surface area contributed by atoms with E-state index < -0.39 is 54.5 Å². The molecule has 1 fully saturated rings. The number of aliphatic hydroxyl groups is 4. The molecule has 3 heterocycles. The summed E-state index contributed by atoms with van der Waals surface area (Å²) in [7, 11) is 0. The van der Waals surface area contributed by atoms with Crippen molar-refractivity contribution in [3.8, 4) is 11.3 Å². The van der Waals surface area contributed by atoms with Crippen molar-refractivity contribution in [1.82, 2.24) is 20.6 Å². The van der Waals surface area contributed by atoms with E-state index in [1.807, 2.05) is 0 Å². The Kier molecular flexibility index (Phi) is 10.6. The zero-order chi connectivity index (χ0) is 31.3. The van der Waals surface area contributed by atoms with Crippen LogP contribution < -0.4 is 16.0 Å². The molecule has 1 saturated heterocycles. The monoisotopic (exact) mass is 639 g/mol. The van der Waals surface area contributed by atoms with Crippen LogP contribution in [-0.4, -0.2) is 96.6 Å². The van der Waals surface area contributed by atoms with Gasteiger partial charge in [0.2, 0.25) is 11.8 Å². The molecule has 4 rings (SSSR count). The number of rotatable bonds is 11. The number of aromatic nitrogens is 2. The van der Waals surface area contributed by atoms with E-state index >= 15 is 0 Å². The Labute approximate surface area is 253 Å². The molecule has 1 aliphatic rings. The number of nitrogens with one attached hydrogen (secondary N) is 3. The second kappa shape index (κ2) is 14.2. The molecular weight excluding hydrogens is 613 g/mol. The lowest BCUT2D eigenvalue weighted by Crippen LogP contribution is -2.61. The fraction of sp³-hybridized carbons (Fsp3) is 0.346. The molecule has 0 radical (unpaired) electrons. The maximum Gasteiger partial charge on any atom is 0.339 e. The zero-order valence-electron chi connectivity index (χ0n) is 22.1. The highest BCUT2D eigenvalue weighted by atomic mass is 35.5. The Bertz CT molecular complexity index is 1470. The number of aromatic carboxylic acids is 1. The van der Waals surface area contributed by atoms with Crippen LogP contribution in [-0.2, 0) is 20.9 Å². The zero-order valence-corrected chi connectivity index (χ0v) is 23.6. The largest absolute Gasteiger partial charge is 0.478 e. The lowest BCUT2D eigenvalue weighted by atomic mass is 9.98. The summed E-state index contributed by atoms with van der Waals surface area (Å²) in [6, 6.07) is 5.06. The maximum absolute atomic E-state index is 13.2. The maximum atomic E-state index is 13.2. The molecule has 0 bridgehead atoms. The Morgan fingerprint density at radius 2 is 1.79 bits per heavy atom. The Balaban J connectivity index is 1.45. The van der Waals surface area contributed by atoms with Gasteiger partial charge in [0.1, 0.15) is 23.9 Å². The molecule has 43 heavy (non-hydrogen) atoms. The summed E-state index contributed by atoms with van der Waals surface area (Å²) >= 11 is 12.3. The SMILES string of the molecule is O=C(O)c1cnccc1NC(=O)C(CCNC(=O)C1OC(O)C(O)C(O)C1O)NCc1ncc(-c2cc(Cl)ccc2Cl)o1. The standard InChI is InChI=1S/C26H27Cl2N5O10/c27-11-1-2-14(28)12(7-11)17-9-32-18(42-17)10-31-16(23(37)33-15-3-5-29-8-13(15)25(39)40)4-6-30-24(38)22-20(35)19(34)21(36)26(41)43-22/h1-3,5,7-9,16,19-22,26,31,34-36,41H,4,6,10H2,(H,30,38)(H,39,40)(H,29,33,37). The minimum absolute atomic E-state index is 0.0161. The van der Waals surface area contributed by atoms with Gasteiger partial charge in [-0.3, -0.25) is 19.9 Å². The van der Waals surface area contributed by atoms with E-state index in [4.69, 9.17) is 32.4 Å². The topological polar surface area (TPSA) is 237 Å². The molecule has 2 amide bonds. The second-order valence-electron chi connectivity index (χ2n) is 9.39. The molecule has 15 nitrogen and oxygen atoms in total. The van der Waals surface area contributed by atoms with E-state index in [0.717, 1.165) is 6.20 Å². The van der Waals surface area contributed by atoms with Crippen LogP contribution in [0.2, 0.25) is 10.0 Å². The van der Waals surface area contributed by atoms with Gasteiger partial charge in [0.05, 0.1) is 29.5 Å². The lowest BCUT2D eigenvalue weighted by molar-refractivity contribution is -0.275. The molecule has 1 aliphatic heterocycles. The summed E-state index contributed by atoms with van der Waals surface area (Å²) in [6.45, 7) is -0.255. The first-order valence-electron chi connectivity index (χ1n) is 12.7. The van der Waals surface area contributed by atoms with Crippen LogP contribution in [0.15, 0.2) is 47.3 Å². The summed E-state index contributed by atoms with van der Waals surface area (Å²) in [5.41, 5.74) is 0.234. The molecule has 3 aromatic rings. The Morgan fingerprint density at radius 3 is 2.53 bits per heavy atom. The van der Waals surface area contributed by atoms with Crippen LogP contribution in [0.25, 0.3) is 11.3 Å². The van der Waals surface area contributed by atoms with Gasteiger partial charge >= 0.3 is 5.97 Å². The number of amides is 2. The number of ether oxygens (including phenoxy) is 1. The van der Waals surface area contributed by atoms with Gasteiger partial charge in [0, 0.05) is 29.5 Å². The molecule has 0 aliphatic carbocycles. The van der Waals surface area contributed by atoms with Crippen molar-refractivity contribution in [3.63, 3.8) is 0 Å². The third-order valence-electron chi connectivity index (χ3n) is 6.45. The number of carboxylic acids is 1. The molecule has 6 atom stereocenters. The molecule has 6 unspecified atom stereocenters. The molecular formula is C26H27Cl2N5O10. The van der Waals surface area contributed by atoms with Crippen molar-refractivity contribution in [1.29, 1.82) is 0 Å². The average Bonchev–Trinajstić information content (AvgIpc) is 3.45. The van der Waals surface area contributed by atoms with Gasteiger partial charge < -0.3 is 45.3 Å². The summed E-state index contributed by atoms with van der Waals surface area (Å²) in [5, 5.41) is 57.4. The second-order valence-corrected chi connectivity index (χ2v) is 10.2. The van der Waals surface area contributed by atoms with Crippen molar-refractivity contribution >= 4 is 46.7 Å². The minimum atomic E-state index is -1.91. The Hall–Kier alpha value is -3.67. The smallest absolute Gasteiger partial charge is 0.339 e. The lowest BCUT2D eigenvalue weighted by Gasteiger charge is -2.37. The quantitative estimate of drug-likeness (QED) is 0.139. The summed E-state index contributed by atoms with van der Waals surface area (Å²) in [5.74, 6) is -2.41. The number of carbonyl (C=O) groups excluding carboxylic acids is 2. The molecule has 0 spiro atoms. The van der Waals surface area contributed by atoms with E-state index in [1.54, 1.807) is 18.2 Å². The van der Waals surface area contributed by atoms with Gasteiger partial charge in [-0.1, -0.05) is 23.2 Å². The number of anilines is 1. The normalized spacial score (nSPS) is 22.5. The number of halogens is 2. The van der Waals surface area contributed by atoms with Gasteiger partial charge in [-0.2, -0.15) is 0 Å². The number of carboxylic acid groups (broad SMARTS) is 1. The third-order valence-corrected chi connectivity index (χ3v) is 7.02. The van der Waals surface area contributed by atoms with Gasteiger partial charge in [0.25, 0.3) is 5.91 Å². The summed E-state index contributed by atoms with van der Waals surface area (Å²) in [4.78, 5) is 45.3. The number of benzene rings is 1. The fourth-order valence-corrected chi connectivity index (χ4v) is 4.53. The summed E-state index contributed by atoms with van der Waals surface area (Å²) in [6.07, 6.45) is -5.37. The third kappa shape index (κ3) is 7.84. The first kappa shape index (κ1) is 32.2. The Morgan fingerprint density at radius 1 is 1.02 bits per heavy atom. The molecule has 230 valence electrons. The van der Waals surface area contributed by atoms with Crippen molar-refractivity contribution in [3.05, 3.63) is 64.4 Å². The van der Waals surface area contributed by atoms with Crippen LogP contribution in [0.4, 0.5) is 5.69 Å². The fourth-order valence-electron chi connectivity index (χ4n) is 4.15. The number of hydrogen-bond donors (Lipinski definition) is 8. The predicted octanol–water partition coefficient (Wildman–Crippen LogP) is 0.145. The highest BCUT2D eigenvalue weighted by Gasteiger charge is 2.46. The number of pyridine rings is 1. The van der Waals surface area contributed by atoms with Crippen molar-refractivity contribution in [2.75, 3.05) is 11.9 Å². The number of oxazole rings is 1. The number of nitrogens with zero attached hydrogens (tertiary/aromatic N) is 2. The predicted molar refractivity (Wildman–Crippen MR) is 149 cm³/mol. The van der Waals surface area contributed by atoms with Crippen molar-refractivity contribution < 1.29 is 49.1 Å². The van der Waals surface area contributed by atoms with E-state index in [9.17, 15) is 39.9 Å². The first-order valence-corrected chi connectivity index (χ1v) is 13.5. The van der Waals surface area contributed by atoms with E-state index in [2.05, 4.69) is 25.9 Å². The highest BCUT2D eigenvalue weighted by Crippen LogP contribution is 2.31. The number of aliphatic hydroxyl groups excluding tert-OH is 4. The average molecular weight is 640 g/mol.